The lowest BCUT2D eigenvalue weighted by Crippen LogP contribution is -2.29. The van der Waals surface area contributed by atoms with Crippen LogP contribution in [0.15, 0.2) is 23.1 Å². The molecule has 0 fully saturated rings. The van der Waals surface area contributed by atoms with Gasteiger partial charge in [0.05, 0.1) is 35.4 Å². The van der Waals surface area contributed by atoms with Crippen LogP contribution >= 0.6 is 0 Å². The van der Waals surface area contributed by atoms with E-state index < -0.39 is 9.84 Å². The Labute approximate surface area is 119 Å². The number of methoxy groups -OCH3 is 1. The molecule has 0 unspecified atom stereocenters. The van der Waals surface area contributed by atoms with Gasteiger partial charge in [-0.1, -0.05) is 0 Å². The number of hydrogen-bond donors (Lipinski definition) is 1. The molecule has 0 radical (unpaired) electrons. The lowest BCUT2D eigenvalue weighted by Gasteiger charge is -2.25. The van der Waals surface area contributed by atoms with Crippen molar-refractivity contribution in [2.45, 2.75) is 11.3 Å². The third kappa shape index (κ3) is 4.40. The van der Waals surface area contributed by atoms with E-state index in [0.29, 0.717) is 37.5 Å². The summed E-state index contributed by atoms with van der Waals surface area (Å²) >= 11 is 0. The molecule has 0 aromatic heterocycles. The van der Waals surface area contributed by atoms with E-state index in [1.165, 1.54) is 12.1 Å². The lowest BCUT2D eigenvalue weighted by molar-refractivity contribution is 0.205. The molecule has 20 heavy (non-hydrogen) atoms. The molecule has 0 aliphatic rings. The van der Waals surface area contributed by atoms with E-state index in [0.717, 1.165) is 6.26 Å². The summed E-state index contributed by atoms with van der Waals surface area (Å²) in [5.41, 5.74) is 7.02. The Morgan fingerprint density at radius 1 is 1.40 bits per heavy atom. The number of nitrogen functional groups attached to an aromatic ring is 1. The molecule has 6 nitrogen and oxygen atoms in total. The predicted octanol–water partition coefficient (Wildman–Crippen LogP) is 1.04. The van der Waals surface area contributed by atoms with Gasteiger partial charge in [0.1, 0.15) is 0 Å². The van der Waals surface area contributed by atoms with Gasteiger partial charge in [0.2, 0.25) is 0 Å². The van der Waals surface area contributed by atoms with E-state index in [4.69, 9.17) is 15.7 Å². The van der Waals surface area contributed by atoms with Crippen LogP contribution in [0.1, 0.15) is 6.42 Å². The first-order chi connectivity index (χ1) is 9.40. The Hall–Kier alpha value is -1.78. The van der Waals surface area contributed by atoms with Crippen LogP contribution in [-0.4, -0.2) is 41.5 Å². The maximum Gasteiger partial charge on any atom is 0.175 e. The molecule has 1 aromatic carbocycles. The van der Waals surface area contributed by atoms with Crippen LogP contribution in [0.25, 0.3) is 0 Å². The lowest BCUT2D eigenvalue weighted by atomic mass is 10.2. The van der Waals surface area contributed by atoms with Crippen molar-refractivity contribution in [2.75, 3.05) is 43.7 Å². The van der Waals surface area contributed by atoms with Gasteiger partial charge in [0.25, 0.3) is 0 Å². The summed E-state index contributed by atoms with van der Waals surface area (Å²) in [5.74, 6) is 0. The number of sulfone groups is 1. The minimum absolute atomic E-state index is 0.186. The molecule has 0 amide bonds. The average molecular weight is 297 g/mol. The van der Waals surface area contributed by atoms with Gasteiger partial charge >= 0.3 is 0 Å². The SMILES string of the molecule is COCCN(CCC#N)c1ccc(S(C)(=O)=O)cc1N. The van der Waals surface area contributed by atoms with E-state index in [9.17, 15) is 8.42 Å². The van der Waals surface area contributed by atoms with Gasteiger partial charge in [-0.05, 0) is 18.2 Å². The first kappa shape index (κ1) is 16.3. The van der Waals surface area contributed by atoms with Gasteiger partial charge < -0.3 is 15.4 Å². The van der Waals surface area contributed by atoms with Crippen molar-refractivity contribution in [1.82, 2.24) is 0 Å². The van der Waals surface area contributed by atoms with Crippen molar-refractivity contribution >= 4 is 21.2 Å². The molecule has 0 saturated carbocycles. The van der Waals surface area contributed by atoms with Crippen molar-refractivity contribution in [3.8, 4) is 6.07 Å². The molecule has 1 rings (SSSR count). The normalized spacial score (nSPS) is 11.1. The second kappa shape index (κ2) is 7.12. The highest BCUT2D eigenvalue weighted by molar-refractivity contribution is 7.90. The van der Waals surface area contributed by atoms with Crippen LogP contribution < -0.4 is 10.6 Å². The Bertz CT molecular complexity index is 593. The van der Waals surface area contributed by atoms with Crippen LogP contribution in [0.4, 0.5) is 11.4 Å². The Morgan fingerprint density at radius 3 is 2.60 bits per heavy atom. The van der Waals surface area contributed by atoms with Crippen molar-refractivity contribution in [1.29, 1.82) is 5.26 Å². The zero-order valence-corrected chi connectivity index (χ0v) is 12.5. The molecular weight excluding hydrogens is 278 g/mol. The van der Waals surface area contributed by atoms with Gasteiger partial charge in [-0.2, -0.15) is 5.26 Å². The van der Waals surface area contributed by atoms with Gasteiger partial charge in [0.15, 0.2) is 9.84 Å². The minimum atomic E-state index is -3.28. The Balaban J connectivity index is 3.05. The number of nitrogens with two attached hydrogens (primary N) is 1. The number of benzene rings is 1. The van der Waals surface area contributed by atoms with Crippen LogP contribution in [-0.2, 0) is 14.6 Å². The number of nitrogens with zero attached hydrogens (tertiary/aromatic N) is 2. The Morgan fingerprint density at radius 2 is 2.10 bits per heavy atom. The molecule has 0 heterocycles. The van der Waals surface area contributed by atoms with Gasteiger partial charge in [-0.3, -0.25) is 0 Å². The van der Waals surface area contributed by atoms with Crippen molar-refractivity contribution in [3.63, 3.8) is 0 Å². The fourth-order valence-electron chi connectivity index (χ4n) is 1.79. The maximum atomic E-state index is 11.5. The zero-order chi connectivity index (χ0) is 15.2. The maximum absolute atomic E-state index is 11.5. The van der Waals surface area contributed by atoms with E-state index in [-0.39, 0.29) is 4.90 Å². The van der Waals surface area contributed by atoms with Crippen LogP contribution in [0.5, 0.6) is 0 Å². The monoisotopic (exact) mass is 297 g/mol. The van der Waals surface area contributed by atoms with E-state index >= 15 is 0 Å². The van der Waals surface area contributed by atoms with Crippen LogP contribution in [0.3, 0.4) is 0 Å². The quantitative estimate of drug-likeness (QED) is 0.755. The number of nitriles is 1. The molecule has 0 saturated heterocycles. The summed E-state index contributed by atoms with van der Waals surface area (Å²) in [5, 5.41) is 8.69. The first-order valence-electron chi connectivity index (χ1n) is 6.10. The fourth-order valence-corrected chi connectivity index (χ4v) is 2.45. The van der Waals surface area contributed by atoms with Crippen molar-refractivity contribution < 1.29 is 13.2 Å². The summed E-state index contributed by atoms with van der Waals surface area (Å²) in [6.45, 7) is 1.60. The summed E-state index contributed by atoms with van der Waals surface area (Å²) in [6.07, 6.45) is 1.50. The predicted molar refractivity (Wildman–Crippen MR) is 78.3 cm³/mol. The van der Waals surface area contributed by atoms with Crippen LogP contribution in [0.2, 0.25) is 0 Å². The van der Waals surface area contributed by atoms with Crippen molar-refractivity contribution in [2.24, 2.45) is 0 Å². The zero-order valence-electron chi connectivity index (χ0n) is 11.7. The topological polar surface area (TPSA) is 96.4 Å². The standard InChI is InChI=1S/C13H19N3O3S/c1-19-9-8-16(7-3-6-14)13-5-4-11(10-12(13)15)20(2,17)18/h4-5,10H,3,7-9,15H2,1-2H3. The molecule has 1 aromatic rings. The first-order valence-corrected chi connectivity index (χ1v) is 7.99. The minimum Gasteiger partial charge on any atom is -0.397 e. The summed E-state index contributed by atoms with van der Waals surface area (Å²) < 4.78 is 28.0. The number of ether oxygens (including phenoxy) is 1. The largest absolute Gasteiger partial charge is 0.397 e. The summed E-state index contributed by atoms with van der Waals surface area (Å²) in [6, 6.07) is 6.71. The second-order valence-electron chi connectivity index (χ2n) is 4.38. The number of hydrogen-bond acceptors (Lipinski definition) is 6. The van der Waals surface area contributed by atoms with Gasteiger partial charge in [0, 0.05) is 26.5 Å². The summed E-state index contributed by atoms with van der Waals surface area (Å²) in [7, 11) is -1.68. The molecule has 0 aliphatic carbocycles. The van der Waals surface area contributed by atoms with Crippen LogP contribution in [0, 0.1) is 11.3 Å². The third-order valence-corrected chi connectivity index (χ3v) is 3.94. The fraction of sp³-hybridized carbons (Fsp3) is 0.462. The molecule has 2 N–H and O–H groups in total. The highest BCUT2D eigenvalue weighted by Crippen LogP contribution is 2.26. The average Bonchev–Trinajstić information content (AvgIpc) is 2.38. The Kier molecular flexibility index (Phi) is 5.80. The van der Waals surface area contributed by atoms with E-state index in [1.807, 2.05) is 4.90 Å². The smallest absolute Gasteiger partial charge is 0.175 e. The second-order valence-corrected chi connectivity index (χ2v) is 6.40. The molecule has 0 bridgehead atoms. The molecule has 7 heteroatoms. The highest BCUT2D eigenvalue weighted by Gasteiger charge is 2.13. The molecule has 0 aliphatic heterocycles. The summed E-state index contributed by atoms with van der Waals surface area (Å²) in [4.78, 5) is 2.10. The van der Waals surface area contributed by atoms with Gasteiger partial charge in [-0.25, -0.2) is 8.42 Å². The third-order valence-electron chi connectivity index (χ3n) is 2.83. The highest BCUT2D eigenvalue weighted by atomic mass is 32.2. The van der Waals surface area contributed by atoms with E-state index in [1.54, 1.807) is 13.2 Å². The van der Waals surface area contributed by atoms with Gasteiger partial charge in [-0.15, -0.1) is 0 Å². The molecule has 110 valence electrons. The molecule has 0 spiro atoms. The number of rotatable bonds is 7. The van der Waals surface area contributed by atoms with Crippen molar-refractivity contribution in [3.05, 3.63) is 18.2 Å². The molecule has 0 atom stereocenters. The van der Waals surface area contributed by atoms with E-state index in [2.05, 4.69) is 6.07 Å². The number of anilines is 2. The molecular formula is C13H19N3O3S.